The lowest BCUT2D eigenvalue weighted by Crippen LogP contribution is -2.38. The third-order valence-electron chi connectivity index (χ3n) is 5.31. The van der Waals surface area contributed by atoms with Crippen LogP contribution in [-0.4, -0.2) is 24.1 Å². The minimum atomic E-state index is -0.172. The van der Waals surface area contributed by atoms with Crippen LogP contribution < -0.4 is 10.1 Å². The van der Waals surface area contributed by atoms with E-state index in [0.29, 0.717) is 6.54 Å². The van der Waals surface area contributed by atoms with Crippen LogP contribution in [-0.2, 0) is 17.6 Å². The van der Waals surface area contributed by atoms with Crippen molar-refractivity contribution >= 4 is 16.8 Å². The number of methoxy groups -OCH3 is 1. The van der Waals surface area contributed by atoms with Gasteiger partial charge in [0.25, 0.3) is 0 Å². The smallest absolute Gasteiger partial charge is 0.243 e. The maximum absolute atomic E-state index is 13.0. The first-order valence-electron chi connectivity index (χ1n) is 9.83. The molecule has 1 aromatic carbocycles. The van der Waals surface area contributed by atoms with Gasteiger partial charge in [-0.1, -0.05) is 27.7 Å². The molecule has 0 bridgehead atoms. The molecule has 26 heavy (non-hydrogen) atoms. The van der Waals surface area contributed by atoms with Crippen molar-refractivity contribution in [3.8, 4) is 5.75 Å². The number of carbonyl (C=O) groups excluding carboxylic acids is 1. The average molecular weight is 357 g/mol. The molecule has 1 aliphatic rings. The zero-order chi connectivity index (χ0) is 18.9. The van der Waals surface area contributed by atoms with Gasteiger partial charge in [-0.05, 0) is 55.2 Å². The van der Waals surface area contributed by atoms with Crippen LogP contribution in [0.5, 0.6) is 5.75 Å². The van der Waals surface area contributed by atoms with Crippen LogP contribution in [0.2, 0.25) is 0 Å². The number of nitrogens with zero attached hydrogens (tertiary/aromatic N) is 1. The topological polar surface area (TPSA) is 43.3 Å². The van der Waals surface area contributed by atoms with Crippen LogP contribution in [0.3, 0.4) is 0 Å². The lowest BCUT2D eigenvalue weighted by atomic mass is 9.95. The number of rotatable bonds is 5. The van der Waals surface area contributed by atoms with Crippen molar-refractivity contribution in [1.82, 2.24) is 9.88 Å². The molecule has 0 saturated carbocycles. The fourth-order valence-corrected chi connectivity index (χ4v) is 4.00. The Morgan fingerprint density at radius 1 is 1.27 bits per heavy atom. The third-order valence-corrected chi connectivity index (χ3v) is 5.31. The second-order valence-electron chi connectivity index (χ2n) is 8.59. The van der Waals surface area contributed by atoms with Crippen LogP contribution in [0.4, 0.5) is 0 Å². The summed E-state index contributed by atoms with van der Waals surface area (Å²) in [5, 5.41) is 4.45. The molecule has 0 radical (unpaired) electrons. The Kier molecular flexibility index (Phi) is 5.31. The summed E-state index contributed by atoms with van der Waals surface area (Å²) < 4.78 is 7.76. The van der Waals surface area contributed by atoms with E-state index in [0.717, 1.165) is 30.5 Å². The Morgan fingerprint density at radius 3 is 2.65 bits per heavy atom. The average Bonchev–Trinajstić information content (AvgIpc) is 2.94. The highest BCUT2D eigenvalue weighted by molar-refractivity contribution is 5.90. The molecule has 1 amide bonds. The van der Waals surface area contributed by atoms with Crippen molar-refractivity contribution in [2.24, 2.45) is 5.41 Å². The molecule has 1 unspecified atom stereocenters. The van der Waals surface area contributed by atoms with Gasteiger partial charge in [0.05, 0.1) is 12.6 Å². The first-order chi connectivity index (χ1) is 12.4. The van der Waals surface area contributed by atoms with Crippen LogP contribution >= 0.6 is 0 Å². The standard InChI is InChI=1S/C22H32N2O2/c1-6-18(21(25)23-14-22(2,3)4)24-19-10-8-7-9-16(19)17-12-11-15(26-5)13-20(17)24/h11-13,18H,6-10,14H2,1-5H3,(H,23,25). The predicted octanol–water partition coefficient (Wildman–Crippen LogP) is 4.64. The summed E-state index contributed by atoms with van der Waals surface area (Å²) in [6, 6.07) is 6.11. The molecular weight excluding hydrogens is 324 g/mol. The summed E-state index contributed by atoms with van der Waals surface area (Å²) in [4.78, 5) is 13.0. The van der Waals surface area contributed by atoms with Gasteiger partial charge in [0.1, 0.15) is 11.8 Å². The van der Waals surface area contributed by atoms with E-state index >= 15 is 0 Å². The minimum absolute atomic E-state index is 0.0787. The maximum Gasteiger partial charge on any atom is 0.243 e. The van der Waals surface area contributed by atoms with E-state index in [9.17, 15) is 4.79 Å². The maximum atomic E-state index is 13.0. The molecule has 0 spiro atoms. The van der Waals surface area contributed by atoms with Crippen molar-refractivity contribution in [1.29, 1.82) is 0 Å². The molecule has 1 aliphatic carbocycles. The van der Waals surface area contributed by atoms with Crippen LogP contribution in [0.25, 0.3) is 10.9 Å². The highest BCUT2D eigenvalue weighted by Crippen LogP contribution is 2.37. The van der Waals surface area contributed by atoms with E-state index in [1.165, 1.54) is 29.5 Å². The van der Waals surface area contributed by atoms with Crippen LogP contribution in [0, 0.1) is 5.41 Å². The fraction of sp³-hybridized carbons (Fsp3) is 0.591. The number of carbonyl (C=O) groups is 1. The van der Waals surface area contributed by atoms with Crippen molar-refractivity contribution < 1.29 is 9.53 Å². The summed E-state index contributed by atoms with van der Waals surface area (Å²) >= 11 is 0. The van der Waals surface area contributed by atoms with Gasteiger partial charge in [-0.15, -0.1) is 0 Å². The first kappa shape index (κ1) is 18.8. The summed E-state index contributed by atoms with van der Waals surface area (Å²) in [5.41, 5.74) is 3.98. The van der Waals surface area contributed by atoms with Gasteiger partial charge in [-0.25, -0.2) is 0 Å². The van der Waals surface area contributed by atoms with Gasteiger partial charge in [0.2, 0.25) is 5.91 Å². The highest BCUT2D eigenvalue weighted by atomic mass is 16.5. The zero-order valence-electron chi connectivity index (χ0n) is 16.8. The van der Waals surface area contributed by atoms with E-state index in [1.807, 2.05) is 6.07 Å². The molecule has 1 atom stereocenters. The van der Waals surface area contributed by atoms with Gasteiger partial charge in [-0.2, -0.15) is 0 Å². The number of ether oxygens (including phenoxy) is 1. The number of benzene rings is 1. The zero-order valence-corrected chi connectivity index (χ0v) is 16.8. The second-order valence-corrected chi connectivity index (χ2v) is 8.59. The van der Waals surface area contributed by atoms with E-state index in [-0.39, 0.29) is 17.4 Å². The summed E-state index contributed by atoms with van der Waals surface area (Å²) in [5.74, 6) is 0.967. The molecule has 0 aliphatic heterocycles. The molecular formula is C22H32N2O2. The SMILES string of the molecule is CCC(C(=O)NCC(C)(C)C)n1c2c(c3ccc(OC)cc31)CCCC2. The molecule has 0 saturated heterocycles. The number of hydrogen-bond acceptors (Lipinski definition) is 2. The highest BCUT2D eigenvalue weighted by Gasteiger charge is 2.28. The summed E-state index contributed by atoms with van der Waals surface area (Å²) in [6.07, 6.45) is 5.36. The van der Waals surface area contributed by atoms with Crippen LogP contribution in [0.1, 0.15) is 64.3 Å². The third kappa shape index (κ3) is 3.60. The number of fused-ring (bicyclic) bond motifs is 3. The van der Waals surface area contributed by atoms with Gasteiger partial charge >= 0.3 is 0 Å². The molecule has 4 heteroatoms. The summed E-state index contributed by atoms with van der Waals surface area (Å²) in [6.45, 7) is 9.22. The van der Waals surface area contributed by atoms with Crippen molar-refractivity contribution in [3.05, 3.63) is 29.5 Å². The molecule has 2 aromatic rings. The number of hydrogen-bond donors (Lipinski definition) is 1. The van der Waals surface area contributed by atoms with Crippen LogP contribution in [0.15, 0.2) is 18.2 Å². The molecule has 0 fully saturated rings. The monoisotopic (exact) mass is 356 g/mol. The van der Waals surface area contributed by atoms with Crippen molar-refractivity contribution in [2.75, 3.05) is 13.7 Å². The van der Waals surface area contributed by atoms with Gasteiger partial charge in [0.15, 0.2) is 0 Å². The minimum Gasteiger partial charge on any atom is -0.497 e. The Bertz CT molecular complexity index is 799. The van der Waals surface area contributed by atoms with Crippen molar-refractivity contribution in [2.45, 2.75) is 65.8 Å². The lowest BCUT2D eigenvalue weighted by molar-refractivity contribution is -0.124. The van der Waals surface area contributed by atoms with E-state index in [2.05, 4.69) is 49.7 Å². The Morgan fingerprint density at radius 2 is 2.00 bits per heavy atom. The molecule has 1 N–H and O–H groups in total. The molecule has 4 nitrogen and oxygen atoms in total. The summed E-state index contributed by atoms with van der Waals surface area (Å²) in [7, 11) is 1.70. The lowest BCUT2D eigenvalue weighted by Gasteiger charge is -2.25. The van der Waals surface area contributed by atoms with E-state index in [1.54, 1.807) is 7.11 Å². The van der Waals surface area contributed by atoms with Gasteiger partial charge < -0.3 is 14.6 Å². The number of aryl methyl sites for hydroxylation is 1. The van der Waals surface area contributed by atoms with Crippen molar-refractivity contribution in [3.63, 3.8) is 0 Å². The largest absolute Gasteiger partial charge is 0.497 e. The van der Waals surface area contributed by atoms with Gasteiger partial charge in [-0.3, -0.25) is 4.79 Å². The fourth-order valence-electron chi connectivity index (χ4n) is 4.00. The predicted molar refractivity (Wildman–Crippen MR) is 107 cm³/mol. The normalized spacial score (nSPS) is 15.6. The number of nitrogens with one attached hydrogen (secondary N) is 1. The second kappa shape index (κ2) is 7.34. The molecule has 1 aromatic heterocycles. The van der Waals surface area contributed by atoms with E-state index in [4.69, 9.17) is 4.74 Å². The molecule has 3 rings (SSSR count). The first-order valence-corrected chi connectivity index (χ1v) is 9.83. The van der Waals surface area contributed by atoms with E-state index < -0.39 is 0 Å². The Hall–Kier alpha value is -1.97. The molecule has 142 valence electrons. The quantitative estimate of drug-likeness (QED) is 0.848. The Balaban J connectivity index is 2.07. The number of aromatic nitrogens is 1. The Labute approximate surface area is 156 Å². The number of amides is 1. The van der Waals surface area contributed by atoms with Gasteiger partial charge in [0, 0.05) is 23.7 Å². The molecule has 1 heterocycles.